The van der Waals surface area contributed by atoms with Gasteiger partial charge in [-0.1, -0.05) is 45.5 Å². The molecule has 0 aromatic heterocycles. The molecule has 1 aliphatic rings. The van der Waals surface area contributed by atoms with Gasteiger partial charge in [-0.05, 0) is 30.3 Å². The van der Waals surface area contributed by atoms with Gasteiger partial charge in [0.15, 0.2) is 8.32 Å². The number of hydrogen-bond acceptors (Lipinski definition) is 4. The first-order valence-corrected chi connectivity index (χ1v) is 11.2. The second-order valence-electron chi connectivity index (χ2n) is 7.76. The fraction of sp³-hybridized carbons (Fsp3) is 0.526. The van der Waals surface area contributed by atoms with Gasteiger partial charge >= 0.3 is 5.97 Å². The Morgan fingerprint density at radius 3 is 2.38 bits per heavy atom. The van der Waals surface area contributed by atoms with E-state index in [1.54, 1.807) is 12.1 Å². The molecule has 1 aromatic rings. The van der Waals surface area contributed by atoms with E-state index < -0.39 is 8.32 Å². The minimum Gasteiger partial charge on any atom is -0.492 e. The van der Waals surface area contributed by atoms with Gasteiger partial charge in [0.2, 0.25) is 0 Å². The van der Waals surface area contributed by atoms with Crippen LogP contribution in [0, 0.1) is 5.92 Å². The lowest BCUT2D eigenvalue weighted by atomic mass is 9.96. The van der Waals surface area contributed by atoms with Crippen LogP contribution in [0.2, 0.25) is 18.1 Å². The lowest BCUT2D eigenvalue weighted by Gasteiger charge is -2.42. The van der Waals surface area contributed by atoms with E-state index in [0.717, 1.165) is 0 Å². The monoisotopic (exact) mass is 348 g/mol. The maximum atomic E-state index is 12.0. The van der Waals surface area contributed by atoms with Crippen molar-refractivity contribution in [3.8, 4) is 0 Å². The first-order valence-electron chi connectivity index (χ1n) is 8.33. The summed E-state index contributed by atoms with van der Waals surface area (Å²) in [6.07, 6.45) is -0.0878. The highest BCUT2D eigenvalue weighted by Crippen LogP contribution is 2.38. The zero-order valence-electron chi connectivity index (χ0n) is 15.3. The zero-order valence-corrected chi connectivity index (χ0v) is 16.3. The minimum absolute atomic E-state index is 0.00225. The van der Waals surface area contributed by atoms with E-state index in [1.807, 2.05) is 18.2 Å². The Hall–Kier alpha value is -1.59. The Morgan fingerprint density at radius 2 is 1.83 bits per heavy atom. The van der Waals surface area contributed by atoms with Gasteiger partial charge in [0.25, 0.3) is 0 Å². The topological polar surface area (TPSA) is 44.8 Å². The molecule has 0 aliphatic carbocycles. The average Bonchev–Trinajstić information content (AvgIpc) is 2.50. The van der Waals surface area contributed by atoms with Crippen LogP contribution in [0.5, 0.6) is 0 Å². The Labute approximate surface area is 145 Å². The van der Waals surface area contributed by atoms with Gasteiger partial charge in [0, 0.05) is 0 Å². The Kier molecular flexibility index (Phi) is 5.55. The molecule has 5 heteroatoms. The molecule has 0 bridgehead atoms. The molecule has 1 aromatic carbocycles. The van der Waals surface area contributed by atoms with Crippen molar-refractivity contribution < 1.29 is 18.7 Å². The number of carbonyl (C=O) groups is 1. The largest absolute Gasteiger partial charge is 0.492 e. The van der Waals surface area contributed by atoms with Gasteiger partial charge in [-0.15, -0.1) is 0 Å². The molecule has 0 saturated carbocycles. The molecule has 0 amide bonds. The van der Waals surface area contributed by atoms with Crippen LogP contribution < -0.4 is 0 Å². The van der Waals surface area contributed by atoms with Crippen LogP contribution in [0.25, 0.3) is 0 Å². The normalized spacial score (nSPS) is 21.0. The van der Waals surface area contributed by atoms with Gasteiger partial charge in [-0.2, -0.15) is 0 Å². The highest BCUT2D eigenvalue weighted by Gasteiger charge is 2.42. The Balaban J connectivity index is 1.84. The van der Waals surface area contributed by atoms with Gasteiger partial charge in [0.05, 0.1) is 23.8 Å². The summed E-state index contributed by atoms with van der Waals surface area (Å²) in [5, 5.41) is 0.156. The summed E-state index contributed by atoms with van der Waals surface area (Å²) in [4.78, 5) is 12.0. The smallest absolute Gasteiger partial charge is 0.338 e. The fourth-order valence-corrected chi connectivity index (χ4v) is 3.19. The first kappa shape index (κ1) is 18.7. The number of hydrogen-bond donors (Lipinski definition) is 0. The summed E-state index contributed by atoms with van der Waals surface area (Å²) < 4.78 is 17.2. The SMILES string of the molecule is C=C1O[C@H](CO[Si](C)(C)C(C)(C)C)[C@H]1COC(=O)c1ccccc1. The number of carbonyl (C=O) groups excluding carboxylic acids is 1. The maximum absolute atomic E-state index is 12.0. The molecule has 1 saturated heterocycles. The van der Waals surface area contributed by atoms with Crippen molar-refractivity contribution in [2.75, 3.05) is 13.2 Å². The van der Waals surface area contributed by atoms with Crippen LogP contribution >= 0.6 is 0 Å². The van der Waals surface area contributed by atoms with E-state index >= 15 is 0 Å². The average molecular weight is 349 g/mol. The summed E-state index contributed by atoms with van der Waals surface area (Å²) >= 11 is 0. The van der Waals surface area contributed by atoms with Gasteiger partial charge in [0.1, 0.15) is 12.7 Å². The molecule has 24 heavy (non-hydrogen) atoms. The fourth-order valence-electron chi connectivity index (χ4n) is 2.18. The van der Waals surface area contributed by atoms with E-state index in [0.29, 0.717) is 17.9 Å². The van der Waals surface area contributed by atoms with E-state index in [4.69, 9.17) is 13.9 Å². The molecule has 2 rings (SSSR count). The molecule has 0 radical (unpaired) electrons. The van der Waals surface area contributed by atoms with Gasteiger partial charge in [-0.3, -0.25) is 0 Å². The molecule has 132 valence electrons. The second-order valence-corrected chi connectivity index (χ2v) is 12.6. The molecule has 0 unspecified atom stereocenters. The molecule has 0 N–H and O–H groups in total. The third-order valence-electron chi connectivity index (χ3n) is 4.98. The third-order valence-corrected chi connectivity index (χ3v) is 9.48. The lowest BCUT2D eigenvalue weighted by Crippen LogP contribution is -2.48. The van der Waals surface area contributed by atoms with E-state index in [-0.39, 0.29) is 29.6 Å². The molecule has 0 spiro atoms. The highest BCUT2D eigenvalue weighted by molar-refractivity contribution is 6.74. The van der Waals surface area contributed by atoms with Crippen LogP contribution in [0.4, 0.5) is 0 Å². The van der Waals surface area contributed by atoms with Crippen molar-refractivity contribution >= 4 is 14.3 Å². The number of benzene rings is 1. The van der Waals surface area contributed by atoms with E-state index in [9.17, 15) is 4.79 Å². The Bertz CT molecular complexity index is 589. The maximum Gasteiger partial charge on any atom is 0.338 e. The summed E-state index contributed by atoms with van der Waals surface area (Å²) in [5.74, 6) is 0.349. The number of esters is 1. The van der Waals surface area contributed by atoms with Crippen LogP contribution in [0.1, 0.15) is 31.1 Å². The molecule has 4 nitrogen and oxygen atoms in total. The zero-order chi connectivity index (χ0) is 18.0. The molecule has 1 fully saturated rings. The van der Waals surface area contributed by atoms with Crippen LogP contribution in [-0.4, -0.2) is 33.6 Å². The lowest BCUT2D eigenvalue weighted by molar-refractivity contribution is -0.0891. The van der Waals surface area contributed by atoms with Gasteiger partial charge < -0.3 is 13.9 Å². The van der Waals surface area contributed by atoms with Crippen LogP contribution in [0.3, 0.4) is 0 Å². The quantitative estimate of drug-likeness (QED) is 0.565. The van der Waals surface area contributed by atoms with Crippen LogP contribution in [-0.2, 0) is 13.9 Å². The van der Waals surface area contributed by atoms with Crippen molar-refractivity contribution in [1.82, 2.24) is 0 Å². The molecular weight excluding hydrogens is 320 g/mol. The molecule has 1 aliphatic heterocycles. The van der Waals surface area contributed by atoms with Crippen molar-refractivity contribution in [2.24, 2.45) is 5.92 Å². The third kappa shape index (κ3) is 4.27. The Morgan fingerprint density at radius 1 is 1.21 bits per heavy atom. The molecule has 1 heterocycles. The van der Waals surface area contributed by atoms with E-state index in [1.165, 1.54) is 0 Å². The number of rotatable bonds is 6. The predicted octanol–water partition coefficient (Wildman–Crippen LogP) is 4.39. The van der Waals surface area contributed by atoms with Crippen molar-refractivity contribution in [2.45, 2.75) is 45.0 Å². The van der Waals surface area contributed by atoms with Crippen molar-refractivity contribution in [3.05, 3.63) is 48.2 Å². The van der Waals surface area contributed by atoms with E-state index in [2.05, 4.69) is 40.4 Å². The summed E-state index contributed by atoms with van der Waals surface area (Å²) in [6.45, 7) is 15.7. The standard InChI is InChI=1S/C19H28O4Si/c1-14-16(12-21-18(20)15-10-8-7-9-11-15)17(23-14)13-22-24(5,6)19(2,3)4/h7-11,16-17H,1,12-13H2,2-6H3/t16-,17+/m0/s1. The van der Waals surface area contributed by atoms with Crippen molar-refractivity contribution in [1.29, 1.82) is 0 Å². The molecular formula is C19H28O4Si. The second kappa shape index (κ2) is 7.11. The summed E-state index contributed by atoms with van der Waals surface area (Å²) in [7, 11) is -1.82. The highest BCUT2D eigenvalue weighted by atomic mass is 28.4. The van der Waals surface area contributed by atoms with Gasteiger partial charge in [-0.25, -0.2) is 4.79 Å². The van der Waals surface area contributed by atoms with Crippen molar-refractivity contribution in [3.63, 3.8) is 0 Å². The minimum atomic E-state index is -1.82. The first-order chi connectivity index (χ1) is 11.1. The summed E-state index contributed by atoms with van der Waals surface area (Å²) in [5.41, 5.74) is 0.553. The number of ether oxygens (including phenoxy) is 2. The predicted molar refractivity (Wildman–Crippen MR) is 97.4 cm³/mol. The molecule has 2 atom stereocenters. The van der Waals surface area contributed by atoms with Crippen LogP contribution in [0.15, 0.2) is 42.7 Å². The summed E-state index contributed by atoms with van der Waals surface area (Å²) in [6, 6.07) is 8.99.